The van der Waals surface area contributed by atoms with E-state index in [1.807, 2.05) is 0 Å². The van der Waals surface area contributed by atoms with Gasteiger partial charge in [-0.2, -0.15) is 0 Å². The lowest BCUT2D eigenvalue weighted by Gasteiger charge is -2.28. The second-order valence-corrected chi connectivity index (χ2v) is 7.27. The van der Waals surface area contributed by atoms with Crippen LogP contribution >= 0.6 is 0 Å². The minimum Gasteiger partial charge on any atom is -0.463 e. The summed E-state index contributed by atoms with van der Waals surface area (Å²) >= 11 is 0. The molecule has 0 fully saturated rings. The molecule has 0 spiro atoms. The summed E-state index contributed by atoms with van der Waals surface area (Å²) < 4.78 is 5.16. The lowest BCUT2D eigenvalue weighted by atomic mass is 9.89. The fourth-order valence-electron chi connectivity index (χ4n) is 3.81. The second kappa shape index (κ2) is 8.57. The molecule has 0 radical (unpaired) electrons. The number of rotatable bonds is 6. The highest BCUT2D eigenvalue weighted by molar-refractivity contribution is 5.94. The topological polar surface area (TPSA) is 79.5 Å². The van der Waals surface area contributed by atoms with E-state index in [-0.39, 0.29) is 18.1 Å². The van der Waals surface area contributed by atoms with Gasteiger partial charge in [0.25, 0.3) is 0 Å². The molecule has 1 aromatic rings. The second-order valence-electron chi connectivity index (χ2n) is 7.27. The van der Waals surface area contributed by atoms with Crippen molar-refractivity contribution in [3.8, 4) is 0 Å². The van der Waals surface area contributed by atoms with Gasteiger partial charge in [0.05, 0.1) is 18.2 Å². The van der Waals surface area contributed by atoms with E-state index in [1.165, 1.54) is 36.0 Å². The summed E-state index contributed by atoms with van der Waals surface area (Å²) in [6.45, 7) is 6.35. The molecule has 2 atom stereocenters. The maximum atomic E-state index is 12.3. The average Bonchev–Trinajstić information content (AvgIpc) is 2.65. The Bertz CT molecular complexity index is 757. The Balaban J connectivity index is 1.73. The number of fused-ring (bicyclic) bond motifs is 1. The van der Waals surface area contributed by atoms with Gasteiger partial charge in [0.15, 0.2) is 0 Å². The van der Waals surface area contributed by atoms with Crippen LogP contribution in [0.4, 0.5) is 4.79 Å². The van der Waals surface area contributed by atoms with E-state index in [2.05, 4.69) is 41.1 Å². The fourth-order valence-corrected chi connectivity index (χ4v) is 3.81. The van der Waals surface area contributed by atoms with Gasteiger partial charge in [-0.05, 0) is 63.1 Å². The van der Waals surface area contributed by atoms with Crippen LogP contribution in [0.1, 0.15) is 56.3 Å². The summed E-state index contributed by atoms with van der Waals surface area (Å²) in [5.74, 6) is -0.393. The van der Waals surface area contributed by atoms with Crippen LogP contribution < -0.4 is 16.0 Å². The standard InChI is InChI=1S/C21H29N3O3/c1-4-27-20(25)19-14(3)23-21(26)24-18(19)12-22-13(2)16-10-9-15-7-5-6-8-17(15)11-16/h9-11,13-14,22H,4-8,12H2,1-3H3,(H2,23,24,26)/t13-,14-/m1/s1. The molecule has 0 bridgehead atoms. The van der Waals surface area contributed by atoms with Crippen LogP contribution in [0.3, 0.4) is 0 Å². The van der Waals surface area contributed by atoms with Crippen LogP contribution in [0, 0.1) is 0 Å². The zero-order valence-electron chi connectivity index (χ0n) is 16.4. The molecule has 146 valence electrons. The molecule has 3 N–H and O–H groups in total. The Labute approximate surface area is 160 Å². The third kappa shape index (κ3) is 4.50. The molecule has 1 heterocycles. The van der Waals surface area contributed by atoms with Crippen molar-refractivity contribution in [2.75, 3.05) is 13.2 Å². The fraction of sp³-hybridized carbons (Fsp3) is 0.524. The first-order valence-electron chi connectivity index (χ1n) is 9.82. The van der Waals surface area contributed by atoms with Crippen molar-refractivity contribution in [1.29, 1.82) is 0 Å². The van der Waals surface area contributed by atoms with Crippen LogP contribution in [-0.2, 0) is 22.4 Å². The normalized spacial score (nSPS) is 20.4. The van der Waals surface area contributed by atoms with E-state index < -0.39 is 5.97 Å². The average molecular weight is 371 g/mol. The summed E-state index contributed by atoms with van der Waals surface area (Å²) in [5, 5.41) is 8.91. The lowest BCUT2D eigenvalue weighted by Crippen LogP contribution is -2.51. The molecule has 2 amide bonds. The maximum Gasteiger partial charge on any atom is 0.337 e. The van der Waals surface area contributed by atoms with Crippen molar-refractivity contribution in [2.45, 2.75) is 58.5 Å². The zero-order chi connectivity index (χ0) is 19.4. The molecular weight excluding hydrogens is 342 g/mol. The smallest absolute Gasteiger partial charge is 0.337 e. The molecule has 0 unspecified atom stereocenters. The number of esters is 1. The highest BCUT2D eigenvalue weighted by Crippen LogP contribution is 2.25. The molecule has 0 saturated carbocycles. The van der Waals surface area contributed by atoms with Crippen molar-refractivity contribution in [3.05, 3.63) is 46.2 Å². The summed E-state index contributed by atoms with van der Waals surface area (Å²) in [7, 11) is 0. The van der Waals surface area contributed by atoms with Gasteiger partial charge in [-0.1, -0.05) is 18.2 Å². The van der Waals surface area contributed by atoms with Gasteiger partial charge in [0.1, 0.15) is 0 Å². The molecule has 1 aromatic carbocycles. The Morgan fingerprint density at radius 1 is 1.30 bits per heavy atom. The van der Waals surface area contributed by atoms with Crippen LogP contribution in [0.2, 0.25) is 0 Å². The van der Waals surface area contributed by atoms with Gasteiger partial charge in [0, 0.05) is 18.3 Å². The van der Waals surface area contributed by atoms with Gasteiger partial charge >= 0.3 is 12.0 Å². The highest BCUT2D eigenvalue weighted by Gasteiger charge is 2.29. The van der Waals surface area contributed by atoms with E-state index in [4.69, 9.17) is 4.74 Å². The molecule has 3 rings (SSSR count). The van der Waals surface area contributed by atoms with Gasteiger partial charge in [-0.3, -0.25) is 0 Å². The molecule has 0 saturated heterocycles. The molecule has 1 aliphatic carbocycles. The molecule has 27 heavy (non-hydrogen) atoms. The van der Waals surface area contributed by atoms with E-state index in [0.29, 0.717) is 24.4 Å². The number of carbonyl (C=O) groups excluding carboxylic acids is 2. The third-order valence-corrected chi connectivity index (χ3v) is 5.32. The number of hydrogen-bond donors (Lipinski definition) is 3. The Hall–Kier alpha value is -2.34. The van der Waals surface area contributed by atoms with Crippen molar-refractivity contribution < 1.29 is 14.3 Å². The Morgan fingerprint density at radius 3 is 2.78 bits per heavy atom. The molecule has 6 nitrogen and oxygen atoms in total. The molecule has 1 aliphatic heterocycles. The number of aryl methyl sites for hydroxylation is 2. The van der Waals surface area contributed by atoms with E-state index in [0.717, 1.165) is 6.42 Å². The Kier molecular flexibility index (Phi) is 6.16. The van der Waals surface area contributed by atoms with E-state index in [9.17, 15) is 9.59 Å². The minimum absolute atomic E-state index is 0.107. The number of nitrogens with one attached hydrogen (secondary N) is 3. The largest absolute Gasteiger partial charge is 0.463 e. The number of benzene rings is 1. The molecule has 2 aliphatic rings. The first-order chi connectivity index (χ1) is 13.0. The van der Waals surface area contributed by atoms with E-state index in [1.54, 1.807) is 13.8 Å². The maximum absolute atomic E-state index is 12.3. The molecule has 6 heteroatoms. The Morgan fingerprint density at radius 2 is 2.04 bits per heavy atom. The SMILES string of the molecule is CCOC(=O)C1=C(CN[C@H](C)c2ccc3c(c2)CCCC3)NC(=O)N[C@@H]1C. The monoisotopic (exact) mass is 371 g/mol. The minimum atomic E-state index is -0.393. The van der Waals surface area contributed by atoms with Gasteiger partial charge in [0.2, 0.25) is 0 Å². The number of urea groups is 1. The molecule has 0 aromatic heterocycles. The number of ether oxygens (including phenoxy) is 1. The van der Waals surface area contributed by atoms with Gasteiger partial charge in [-0.15, -0.1) is 0 Å². The van der Waals surface area contributed by atoms with Crippen LogP contribution in [-0.4, -0.2) is 31.2 Å². The summed E-state index contributed by atoms with van der Waals surface area (Å²) in [4.78, 5) is 24.2. The number of amides is 2. The van der Waals surface area contributed by atoms with Gasteiger partial charge < -0.3 is 20.7 Å². The number of carbonyl (C=O) groups is 2. The van der Waals surface area contributed by atoms with Crippen molar-refractivity contribution in [2.24, 2.45) is 0 Å². The summed E-state index contributed by atoms with van der Waals surface area (Å²) in [5.41, 5.74) is 5.19. The molecular formula is C21H29N3O3. The quantitative estimate of drug-likeness (QED) is 0.672. The first kappa shape index (κ1) is 19.4. The zero-order valence-corrected chi connectivity index (χ0v) is 16.4. The summed E-state index contributed by atoms with van der Waals surface area (Å²) in [6, 6.07) is 6.13. The first-order valence-corrected chi connectivity index (χ1v) is 9.82. The number of hydrogen-bond acceptors (Lipinski definition) is 4. The van der Waals surface area contributed by atoms with E-state index >= 15 is 0 Å². The third-order valence-electron chi connectivity index (χ3n) is 5.32. The van der Waals surface area contributed by atoms with Crippen LogP contribution in [0.5, 0.6) is 0 Å². The summed E-state index contributed by atoms with van der Waals surface area (Å²) in [6.07, 6.45) is 4.85. The van der Waals surface area contributed by atoms with Crippen LogP contribution in [0.15, 0.2) is 29.5 Å². The van der Waals surface area contributed by atoms with Gasteiger partial charge in [-0.25, -0.2) is 9.59 Å². The van der Waals surface area contributed by atoms with Crippen molar-refractivity contribution >= 4 is 12.0 Å². The predicted molar refractivity (Wildman–Crippen MR) is 104 cm³/mol. The van der Waals surface area contributed by atoms with Crippen molar-refractivity contribution in [3.63, 3.8) is 0 Å². The van der Waals surface area contributed by atoms with Crippen LogP contribution in [0.25, 0.3) is 0 Å². The predicted octanol–water partition coefficient (Wildman–Crippen LogP) is 2.73. The lowest BCUT2D eigenvalue weighted by molar-refractivity contribution is -0.139. The van der Waals surface area contributed by atoms with Crippen molar-refractivity contribution in [1.82, 2.24) is 16.0 Å². The highest BCUT2D eigenvalue weighted by atomic mass is 16.5.